The SMILES string of the molecule is O=C(OCc1ccccc1)c1nc(-c2ccccc2)nc(C(=O)OCc2ccccc2)c1-c1ccccc1. The van der Waals surface area contributed by atoms with Gasteiger partial charge in [0.15, 0.2) is 17.2 Å². The lowest BCUT2D eigenvalue weighted by Crippen LogP contribution is -2.17. The van der Waals surface area contributed by atoms with Crippen molar-refractivity contribution in [1.82, 2.24) is 9.97 Å². The second kappa shape index (κ2) is 11.8. The maximum absolute atomic E-state index is 13.5. The maximum Gasteiger partial charge on any atom is 0.358 e. The molecule has 0 aliphatic rings. The van der Waals surface area contributed by atoms with Crippen LogP contribution in [0.3, 0.4) is 0 Å². The normalized spacial score (nSPS) is 10.5. The van der Waals surface area contributed by atoms with Gasteiger partial charge in [-0.1, -0.05) is 121 Å². The summed E-state index contributed by atoms with van der Waals surface area (Å²) in [4.78, 5) is 36.2. The summed E-state index contributed by atoms with van der Waals surface area (Å²) in [6, 6.07) is 37.0. The minimum Gasteiger partial charge on any atom is -0.456 e. The van der Waals surface area contributed by atoms with Crippen molar-refractivity contribution in [2.75, 3.05) is 0 Å². The average Bonchev–Trinajstić information content (AvgIpc) is 3.00. The Morgan fingerprint density at radius 1 is 0.500 bits per heavy atom. The largest absolute Gasteiger partial charge is 0.456 e. The number of hydrogen-bond donors (Lipinski definition) is 0. The topological polar surface area (TPSA) is 78.4 Å². The van der Waals surface area contributed by atoms with E-state index in [1.165, 1.54) is 0 Å². The highest BCUT2D eigenvalue weighted by Crippen LogP contribution is 2.30. The molecule has 0 bridgehead atoms. The van der Waals surface area contributed by atoms with E-state index in [0.29, 0.717) is 11.1 Å². The van der Waals surface area contributed by atoms with Crippen LogP contribution in [-0.2, 0) is 22.7 Å². The Balaban J connectivity index is 1.59. The molecule has 1 aromatic heterocycles. The highest BCUT2D eigenvalue weighted by Gasteiger charge is 2.27. The van der Waals surface area contributed by atoms with Crippen LogP contribution in [0.1, 0.15) is 32.1 Å². The molecule has 4 aromatic carbocycles. The van der Waals surface area contributed by atoms with Crippen LogP contribution in [0.4, 0.5) is 0 Å². The van der Waals surface area contributed by atoms with Gasteiger partial charge in [-0.25, -0.2) is 19.6 Å². The molecular weight excluding hydrogens is 476 g/mol. The van der Waals surface area contributed by atoms with E-state index in [9.17, 15) is 9.59 Å². The minimum atomic E-state index is -0.663. The van der Waals surface area contributed by atoms with E-state index in [-0.39, 0.29) is 36.0 Å². The number of ether oxygens (including phenoxy) is 2. The van der Waals surface area contributed by atoms with Crippen molar-refractivity contribution in [2.45, 2.75) is 13.2 Å². The first-order valence-electron chi connectivity index (χ1n) is 12.1. The first-order chi connectivity index (χ1) is 18.7. The van der Waals surface area contributed by atoms with E-state index in [4.69, 9.17) is 9.47 Å². The van der Waals surface area contributed by atoms with Crippen LogP contribution in [0.2, 0.25) is 0 Å². The molecule has 0 amide bonds. The lowest BCUT2D eigenvalue weighted by Gasteiger charge is -2.15. The third-order valence-electron chi connectivity index (χ3n) is 5.82. The van der Waals surface area contributed by atoms with Crippen LogP contribution in [0.5, 0.6) is 0 Å². The predicted molar refractivity (Wildman–Crippen MR) is 144 cm³/mol. The van der Waals surface area contributed by atoms with Gasteiger partial charge in [0.05, 0.1) is 0 Å². The van der Waals surface area contributed by atoms with Gasteiger partial charge < -0.3 is 9.47 Å². The number of carbonyl (C=O) groups is 2. The summed E-state index contributed by atoms with van der Waals surface area (Å²) in [6.45, 7) is 0.124. The van der Waals surface area contributed by atoms with Gasteiger partial charge in [-0.15, -0.1) is 0 Å². The molecule has 1 heterocycles. The summed E-state index contributed by atoms with van der Waals surface area (Å²) in [5.74, 6) is -1.10. The summed E-state index contributed by atoms with van der Waals surface area (Å²) in [6.07, 6.45) is 0. The molecule has 38 heavy (non-hydrogen) atoms. The zero-order valence-corrected chi connectivity index (χ0v) is 20.5. The summed E-state index contributed by atoms with van der Waals surface area (Å²) >= 11 is 0. The molecule has 6 nitrogen and oxygen atoms in total. The van der Waals surface area contributed by atoms with Gasteiger partial charge in [-0.3, -0.25) is 0 Å². The van der Waals surface area contributed by atoms with Crippen molar-refractivity contribution in [3.05, 3.63) is 144 Å². The van der Waals surface area contributed by atoms with Gasteiger partial charge in [0.2, 0.25) is 0 Å². The molecule has 0 fully saturated rings. The molecule has 6 heteroatoms. The van der Waals surface area contributed by atoms with Crippen molar-refractivity contribution >= 4 is 11.9 Å². The monoisotopic (exact) mass is 500 g/mol. The van der Waals surface area contributed by atoms with Crippen LogP contribution in [0, 0.1) is 0 Å². The van der Waals surface area contributed by atoms with E-state index in [1.54, 1.807) is 12.1 Å². The molecule has 0 aliphatic heterocycles. The summed E-state index contributed by atoms with van der Waals surface area (Å²) in [5.41, 5.74) is 3.18. The highest BCUT2D eigenvalue weighted by molar-refractivity contribution is 6.04. The van der Waals surface area contributed by atoms with E-state index >= 15 is 0 Å². The van der Waals surface area contributed by atoms with Gasteiger partial charge in [0.25, 0.3) is 0 Å². The Bertz CT molecular complexity index is 1450. The zero-order valence-electron chi connectivity index (χ0n) is 20.5. The number of nitrogens with zero attached hydrogens (tertiary/aromatic N) is 2. The smallest absolute Gasteiger partial charge is 0.358 e. The summed E-state index contributed by atoms with van der Waals surface area (Å²) in [5, 5.41) is 0. The second-order valence-electron chi connectivity index (χ2n) is 8.47. The fourth-order valence-electron chi connectivity index (χ4n) is 3.93. The van der Waals surface area contributed by atoms with Crippen LogP contribution in [-0.4, -0.2) is 21.9 Å². The van der Waals surface area contributed by atoms with Crippen LogP contribution < -0.4 is 0 Å². The minimum absolute atomic E-state index is 0.00681. The third-order valence-corrected chi connectivity index (χ3v) is 5.82. The summed E-state index contributed by atoms with van der Waals surface area (Å²) < 4.78 is 11.3. The number of hydrogen-bond acceptors (Lipinski definition) is 6. The Hall–Kier alpha value is -5.10. The summed E-state index contributed by atoms with van der Waals surface area (Å²) in [7, 11) is 0. The molecule has 0 N–H and O–H groups in total. The third kappa shape index (κ3) is 5.82. The molecule has 0 saturated heterocycles. The van der Waals surface area contributed by atoms with Gasteiger partial charge >= 0.3 is 11.9 Å². The van der Waals surface area contributed by atoms with Crippen molar-refractivity contribution in [1.29, 1.82) is 0 Å². The lowest BCUT2D eigenvalue weighted by molar-refractivity contribution is 0.0463. The number of esters is 2. The highest BCUT2D eigenvalue weighted by atomic mass is 16.5. The van der Waals surface area contributed by atoms with Gasteiger partial charge in [0, 0.05) is 11.1 Å². The molecular formula is C32H24N2O4. The number of benzene rings is 4. The number of aromatic nitrogens is 2. The van der Waals surface area contributed by atoms with E-state index in [2.05, 4.69) is 9.97 Å². The van der Waals surface area contributed by atoms with Gasteiger partial charge in [-0.2, -0.15) is 0 Å². The molecule has 0 radical (unpaired) electrons. The molecule has 0 unspecified atom stereocenters. The Morgan fingerprint density at radius 2 is 0.868 bits per heavy atom. The van der Waals surface area contributed by atoms with Crippen LogP contribution in [0.25, 0.3) is 22.5 Å². The molecule has 0 aliphatic carbocycles. The fourth-order valence-corrected chi connectivity index (χ4v) is 3.93. The van der Waals surface area contributed by atoms with Crippen LogP contribution in [0.15, 0.2) is 121 Å². The number of rotatable bonds is 8. The van der Waals surface area contributed by atoms with E-state index in [1.807, 2.05) is 109 Å². The van der Waals surface area contributed by atoms with Crippen molar-refractivity contribution in [3.63, 3.8) is 0 Å². The lowest BCUT2D eigenvalue weighted by atomic mass is 10.0. The standard InChI is InChI=1S/C32H24N2O4/c35-31(37-21-23-13-5-1-6-14-23)28-27(25-17-9-3-10-18-25)29(32(36)38-22-24-15-7-2-8-16-24)34-30(33-28)26-19-11-4-12-20-26/h1-20H,21-22H2. The molecule has 5 aromatic rings. The van der Waals surface area contributed by atoms with E-state index < -0.39 is 11.9 Å². The number of carbonyl (C=O) groups excluding carboxylic acids is 2. The Labute approximate surface area is 220 Å². The first kappa shape index (κ1) is 24.6. The zero-order chi connectivity index (χ0) is 26.2. The van der Waals surface area contributed by atoms with Crippen LogP contribution >= 0.6 is 0 Å². The van der Waals surface area contributed by atoms with Gasteiger partial charge in [0.1, 0.15) is 13.2 Å². The van der Waals surface area contributed by atoms with Crippen molar-refractivity contribution < 1.29 is 19.1 Å². The predicted octanol–water partition coefficient (Wildman–Crippen LogP) is 6.52. The van der Waals surface area contributed by atoms with Crippen molar-refractivity contribution in [3.8, 4) is 22.5 Å². The fraction of sp³-hybridized carbons (Fsp3) is 0.0625. The Kier molecular flexibility index (Phi) is 7.61. The average molecular weight is 501 g/mol. The quantitative estimate of drug-likeness (QED) is 0.226. The molecule has 186 valence electrons. The molecule has 5 rings (SSSR count). The van der Waals surface area contributed by atoms with E-state index in [0.717, 1.165) is 11.1 Å². The Morgan fingerprint density at radius 3 is 1.29 bits per heavy atom. The van der Waals surface area contributed by atoms with Gasteiger partial charge in [-0.05, 0) is 16.7 Å². The molecule has 0 spiro atoms. The second-order valence-corrected chi connectivity index (χ2v) is 8.47. The first-order valence-corrected chi connectivity index (χ1v) is 12.1. The van der Waals surface area contributed by atoms with Crippen molar-refractivity contribution in [2.24, 2.45) is 0 Å². The molecule has 0 atom stereocenters. The molecule has 0 saturated carbocycles. The maximum atomic E-state index is 13.5.